The molecule has 0 radical (unpaired) electrons. The average molecular weight is 277 g/mol. The van der Waals surface area contributed by atoms with Crippen molar-refractivity contribution in [2.45, 2.75) is 20.3 Å². The van der Waals surface area contributed by atoms with Crippen LogP contribution in [0.1, 0.15) is 18.9 Å². The molecule has 0 aromatic heterocycles. The first kappa shape index (κ1) is 15.8. The number of amides is 2. The molecule has 2 amide bonds. The van der Waals surface area contributed by atoms with Crippen molar-refractivity contribution in [3.63, 3.8) is 0 Å². The molecule has 2 N–H and O–H groups in total. The number of rotatable bonds is 6. The molecule has 108 valence electrons. The molecule has 0 heterocycles. The zero-order valence-corrected chi connectivity index (χ0v) is 11.9. The van der Waals surface area contributed by atoms with Crippen molar-refractivity contribution in [1.82, 2.24) is 5.43 Å². The normalized spacial score (nSPS) is 11.1. The van der Waals surface area contributed by atoms with Crippen LogP contribution in [0.15, 0.2) is 29.4 Å². The fraction of sp³-hybridized carbons (Fsp3) is 0.357. The fourth-order valence-corrected chi connectivity index (χ4v) is 1.50. The van der Waals surface area contributed by atoms with Gasteiger partial charge < -0.3 is 10.1 Å². The lowest BCUT2D eigenvalue weighted by atomic mass is 10.2. The Labute approximate surface area is 118 Å². The number of hydrogen-bond acceptors (Lipinski definition) is 4. The molecule has 1 aromatic rings. The largest absolute Gasteiger partial charge is 0.375 e. The van der Waals surface area contributed by atoms with Crippen molar-refractivity contribution in [3.8, 4) is 0 Å². The first-order valence-corrected chi connectivity index (χ1v) is 6.19. The van der Waals surface area contributed by atoms with E-state index in [1.54, 1.807) is 6.92 Å². The van der Waals surface area contributed by atoms with Crippen LogP contribution in [0, 0.1) is 6.92 Å². The summed E-state index contributed by atoms with van der Waals surface area (Å²) in [6.07, 6.45) is 0.113. The Balaban J connectivity index is 2.48. The van der Waals surface area contributed by atoms with Gasteiger partial charge in [-0.3, -0.25) is 9.59 Å². The minimum atomic E-state index is -0.355. The summed E-state index contributed by atoms with van der Waals surface area (Å²) in [6, 6.07) is 7.51. The van der Waals surface area contributed by atoms with E-state index in [9.17, 15) is 9.59 Å². The molecule has 0 saturated carbocycles. The van der Waals surface area contributed by atoms with Crippen LogP contribution in [0.25, 0.3) is 0 Å². The van der Waals surface area contributed by atoms with Gasteiger partial charge in [-0.1, -0.05) is 18.2 Å². The van der Waals surface area contributed by atoms with Crippen molar-refractivity contribution in [2.24, 2.45) is 5.10 Å². The molecule has 0 unspecified atom stereocenters. The van der Waals surface area contributed by atoms with Gasteiger partial charge in [0.05, 0.1) is 6.42 Å². The second kappa shape index (κ2) is 8.06. The Bertz CT molecular complexity index is 512. The third-order valence-electron chi connectivity index (χ3n) is 2.48. The number of aryl methyl sites for hydroxylation is 1. The summed E-state index contributed by atoms with van der Waals surface area (Å²) in [5, 5.41) is 6.62. The number of para-hydroxylation sites is 1. The third-order valence-corrected chi connectivity index (χ3v) is 2.48. The van der Waals surface area contributed by atoms with Crippen LogP contribution in [0.3, 0.4) is 0 Å². The SMILES string of the molecule is COCC(=O)NN=C(C)CC(=O)Nc1ccccc1C. The lowest BCUT2D eigenvalue weighted by Crippen LogP contribution is -2.24. The molecule has 1 aromatic carbocycles. The van der Waals surface area contributed by atoms with Gasteiger partial charge in [-0.25, -0.2) is 5.43 Å². The molecule has 0 bridgehead atoms. The average Bonchev–Trinajstić information content (AvgIpc) is 2.39. The van der Waals surface area contributed by atoms with Gasteiger partial charge in [0.25, 0.3) is 5.91 Å². The maximum atomic E-state index is 11.8. The minimum absolute atomic E-state index is 0.0633. The van der Waals surface area contributed by atoms with Crippen LogP contribution in [0.4, 0.5) is 5.69 Å². The number of methoxy groups -OCH3 is 1. The summed E-state index contributed by atoms with van der Waals surface area (Å²) in [6.45, 7) is 3.53. The Morgan fingerprint density at radius 1 is 1.25 bits per heavy atom. The smallest absolute Gasteiger partial charge is 0.266 e. The van der Waals surface area contributed by atoms with E-state index in [1.165, 1.54) is 7.11 Å². The number of anilines is 1. The Morgan fingerprint density at radius 3 is 2.60 bits per heavy atom. The molecule has 0 fully saturated rings. The van der Waals surface area contributed by atoms with Gasteiger partial charge >= 0.3 is 0 Å². The maximum absolute atomic E-state index is 11.8. The monoisotopic (exact) mass is 277 g/mol. The first-order valence-electron chi connectivity index (χ1n) is 6.19. The number of nitrogens with zero attached hydrogens (tertiary/aromatic N) is 1. The summed E-state index contributed by atoms with van der Waals surface area (Å²) in [4.78, 5) is 22.9. The highest BCUT2D eigenvalue weighted by Gasteiger charge is 2.06. The van der Waals surface area contributed by atoms with Crippen molar-refractivity contribution < 1.29 is 14.3 Å². The van der Waals surface area contributed by atoms with Crippen molar-refractivity contribution in [2.75, 3.05) is 19.0 Å². The summed E-state index contributed by atoms with van der Waals surface area (Å²) < 4.78 is 4.65. The summed E-state index contributed by atoms with van der Waals surface area (Å²) in [7, 11) is 1.42. The second-order valence-electron chi connectivity index (χ2n) is 4.35. The standard InChI is InChI=1S/C14H19N3O3/c1-10-6-4-5-7-12(10)15-13(18)8-11(2)16-17-14(19)9-20-3/h4-7H,8-9H2,1-3H3,(H,15,18)(H,17,19). The van der Waals surface area contributed by atoms with Gasteiger partial charge in [-0.15, -0.1) is 0 Å². The number of carbonyl (C=O) groups is 2. The highest BCUT2D eigenvalue weighted by atomic mass is 16.5. The number of nitrogens with one attached hydrogen (secondary N) is 2. The Hall–Kier alpha value is -2.21. The third kappa shape index (κ3) is 5.62. The van der Waals surface area contributed by atoms with Crippen molar-refractivity contribution in [1.29, 1.82) is 0 Å². The van der Waals surface area contributed by atoms with E-state index >= 15 is 0 Å². The van der Waals surface area contributed by atoms with Gasteiger partial charge in [-0.05, 0) is 25.5 Å². The van der Waals surface area contributed by atoms with Gasteiger partial charge in [0, 0.05) is 18.5 Å². The molecular formula is C14H19N3O3. The lowest BCUT2D eigenvalue weighted by Gasteiger charge is -2.07. The molecule has 1 rings (SSSR count). The number of hydrazone groups is 1. The molecular weight excluding hydrogens is 258 g/mol. The van der Waals surface area contributed by atoms with E-state index in [1.807, 2.05) is 31.2 Å². The van der Waals surface area contributed by atoms with E-state index in [-0.39, 0.29) is 24.8 Å². The van der Waals surface area contributed by atoms with Crippen LogP contribution >= 0.6 is 0 Å². The Morgan fingerprint density at radius 2 is 1.95 bits per heavy atom. The molecule has 0 aliphatic heterocycles. The molecule has 6 nitrogen and oxygen atoms in total. The fourth-order valence-electron chi connectivity index (χ4n) is 1.50. The van der Waals surface area contributed by atoms with Gasteiger partial charge in [0.2, 0.25) is 5.91 Å². The van der Waals surface area contributed by atoms with Crippen LogP contribution in [0.2, 0.25) is 0 Å². The number of ether oxygens (including phenoxy) is 1. The molecule has 0 atom stereocenters. The highest BCUT2D eigenvalue weighted by Crippen LogP contribution is 2.13. The van der Waals surface area contributed by atoms with Gasteiger partial charge in [0.15, 0.2) is 0 Å². The number of benzene rings is 1. The predicted octanol–water partition coefficient (Wildman–Crippen LogP) is 1.46. The summed E-state index contributed by atoms with van der Waals surface area (Å²) in [5.41, 5.74) is 4.58. The zero-order chi connectivity index (χ0) is 15.0. The summed E-state index contributed by atoms with van der Waals surface area (Å²) in [5.74, 6) is -0.535. The van der Waals surface area contributed by atoms with Crippen molar-refractivity contribution >= 4 is 23.2 Å². The van der Waals surface area contributed by atoms with E-state index in [0.717, 1.165) is 11.3 Å². The topological polar surface area (TPSA) is 79.8 Å². The van der Waals surface area contributed by atoms with E-state index in [0.29, 0.717) is 5.71 Å². The zero-order valence-electron chi connectivity index (χ0n) is 11.9. The van der Waals surface area contributed by atoms with E-state index in [2.05, 4.69) is 20.6 Å². The van der Waals surface area contributed by atoms with Crippen LogP contribution < -0.4 is 10.7 Å². The van der Waals surface area contributed by atoms with Crippen LogP contribution in [-0.2, 0) is 14.3 Å². The molecule has 0 saturated heterocycles. The first-order chi connectivity index (χ1) is 9.52. The molecule has 0 aliphatic carbocycles. The molecule has 0 aliphatic rings. The molecule has 20 heavy (non-hydrogen) atoms. The van der Waals surface area contributed by atoms with E-state index in [4.69, 9.17) is 0 Å². The van der Waals surface area contributed by atoms with Gasteiger partial charge in [-0.2, -0.15) is 5.10 Å². The molecule has 0 spiro atoms. The number of hydrogen-bond donors (Lipinski definition) is 2. The maximum Gasteiger partial charge on any atom is 0.266 e. The highest BCUT2D eigenvalue weighted by molar-refractivity contribution is 6.05. The van der Waals surface area contributed by atoms with Crippen LogP contribution in [0.5, 0.6) is 0 Å². The second-order valence-corrected chi connectivity index (χ2v) is 4.35. The van der Waals surface area contributed by atoms with Gasteiger partial charge in [0.1, 0.15) is 6.61 Å². The minimum Gasteiger partial charge on any atom is -0.375 e. The van der Waals surface area contributed by atoms with Crippen molar-refractivity contribution in [3.05, 3.63) is 29.8 Å². The Kier molecular flexibility index (Phi) is 6.39. The van der Waals surface area contributed by atoms with E-state index < -0.39 is 0 Å². The predicted molar refractivity (Wildman–Crippen MR) is 77.6 cm³/mol. The molecule has 6 heteroatoms. The number of carbonyl (C=O) groups excluding carboxylic acids is 2. The van der Waals surface area contributed by atoms with Crippen LogP contribution in [-0.4, -0.2) is 31.2 Å². The summed E-state index contributed by atoms with van der Waals surface area (Å²) >= 11 is 0. The quantitative estimate of drug-likeness (QED) is 0.610. The lowest BCUT2D eigenvalue weighted by molar-refractivity contribution is -0.124.